The number of hydrogen-bond acceptors (Lipinski definition) is 2. The van der Waals surface area contributed by atoms with Gasteiger partial charge in [-0.2, -0.15) is 0 Å². The molecule has 1 aromatic carbocycles. The third kappa shape index (κ3) is 4.93. The van der Waals surface area contributed by atoms with Crippen LogP contribution >= 0.6 is 0 Å². The summed E-state index contributed by atoms with van der Waals surface area (Å²) in [7, 11) is 1.89. The van der Waals surface area contributed by atoms with Crippen LogP contribution in [0.15, 0.2) is 24.3 Å². The first-order valence-electron chi connectivity index (χ1n) is 7.14. The maximum atomic E-state index is 12.2. The molecular formula is C16H26N2O. The van der Waals surface area contributed by atoms with Crippen molar-refractivity contribution in [1.29, 1.82) is 0 Å². The number of benzene rings is 1. The first kappa shape index (κ1) is 15.5. The lowest BCUT2D eigenvalue weighted by Gasteiger charge is -2.26. The van der Waals surface area contributed by atoms with Gasteiger partial charge in [-0.25, -0.2) is 0 Å². The molecule has 0 N–H and O–H groups in total. The van der Waals surface area contributed by atoms with E-state index in [4.69, 9.17) is 0 Å². The topological polar surface area (TPSA) is 23.6 Å². The van der Waals surface area contributed by atoms with Crippen LogP contribution in [0.2, 0.25) is 0 Å². The highest BCUT2D eigenvalue weighted by atomic mass is 16.2. The van der Waals surface area contributed by atoms with Crippen molar-refractivity contribution in [3.05, 3.63) is 29.8 Å². The predicted molar refractivity (Wildman–Crippen MR) is 81.6 cm³/mol. The highest BCUT2D eigenvalue weighted by Gasteiger charge is 2.13. The van der Waals surface area contributed by atoms with E-state index in [1.165, 1.54) is 5.56 Å². The van der Waals surface area contributed by atoms with Crippen LogP contribution in [-0.2, 0) is 4.79 Å². The molecule has 1 aromatic rings. The second-order valence-electron chi connectivity index (χ2n) is 5.02. The van der Waals surface area contributed by atoms with Gasteiger partial charge in [0, 0.05) is 25.8 Å². The van der Waals surface area contributed by atoms with Crippen LogP contribution < -0.4 is 4.90 Å². The molecule has 0 spiro atoms. The highest BCUT2D eigenvalue weighted by Crippen LogP contribution is 2.15. The smallest absolute Gasteiger partial charge is 0.241 e. The normalized spacial score (nSPS) is 10.3. The van der Waals surface area contributed by atoms with Gasteiger partial charge in [0.15, 0.2) is 0 Å². The molecule has 3 nitrogen and oxygen atoms in total. The molecule has 19 heavy (non-hydrogen) atoms. The number of nitrogens with zero attached hydrogens (tertiary/aromatic N) is 2. The van der Waals surface area contributed by atoms with Crippen LogP contribution in [0.3, 0.4) is 0 Å². The number of rotatable bonds is 7. The number of anilines is 1. The third-order valence-corrected chi connectivity index (χ3v) is 3.35. The van der Waals surface area contributed by atoms with Crippen molar-refractivity contribution in [3.63, 3.8) is 0 Å². The standard InChI is InChI=1S/C16H26N2O/c1-5-7-11-17(4)16(19)13-18(6-2)15-10-8-9-14(3)12-15/h8-10,12H,5-7,11,13H2,1-4H3. The third-order valence-electron chi connectivity index (χ3n) is 3.35. The fourth-order valence-electron chi connectivity index (χ4n) is 2.01. The number of hydrogen-bond donors (Lipinski definition) is 0. The largest absolute Gasteiger partial charge is 0.362 e. The van der Waals surface area contributed by atoms with E-state index in [0.717, 1.165) is 31.6 Å². The Morgan fingerprint density at radius 1 is 1.26 bits per heavy atom. The van der Waals surface area contributed by atoms with Crippen LogP contribution in [0.25, 0.3) is 0 Å². The van der Waals surface area contributed by atoms with Crippen LogP contribution in [-0.4, -0.2) is 37.5 Å². The Kier molecular flexibility index (Phi) is 6.40. The van der Waals surface area contributed by atoms with Gasteiger partial charge in [-0.3, -0.25) is 4.79 Å². The summed E-state index contributed by atoms with van der Waals surface area (Å²) in [5, 5.41) is 0. The van der Waals surface area contributed by atoms with Crippen LogP contribution in [0.5, 0.6) is 0 Å². The summed E-state index contributed by atoms with van der Waals surface area (Å²) in [6.45, 7) is 8.45. The Labute approximate surface area is 117 Å². The molecular weight excluding hydrogens is 236 g/mol. The molecule has 0 atom stereocenters. The molecule has 0 fully saturated rings. The first-order valence-corrected chi connectivity index (χ1v) is 7.14. The monoisotopic (exact) mass is 262 g/mol. The second kappa shape index (κ2) is 7.82. The molecule has 1 rings (SSSR count). The molecule has 0 unspecified atom stereocenters. The molecule has 0 radical (unpaired) electrons. The number of amides is 1. The summed E-state index contributed by atoms with van der Waals surface area (Å²) < 4.78 is 0. The van der Waals surface area contributed by atoms with Gasteiger partial charge in [-0.15, -0.1) is 0 Å². The lowest BCUT2D eigenvalue weighted by molar-refractivity contribution is -0.128. The Morgan fingerprint density at radius 3 is 2.58 bits per heavy atom. The molecule has 0 aliphatic heterocycles. The Hall–Kier alpha value is -1.51. The van der Waals surface area contributed by atoms with Crippen molar-refractivity contribution in [2.24, 2.45) is 0 Å². The van der Waals surface area contributed by atoms with Gasteiger partial charge < -0.3 is 9.80 Å². The lowest BCUT2D eigenvalue weighted by atomic mass is 10.2. The van der Waals surface area contributed by atoms with Crippen molar-refractivity contribution < 1.29 is 4.79 Å². The van der Waals surface area contributed by atoms with E-state index in [0.29, 0.717) is 6.54 Å². The highest BCUT2D eigenvalue weighted by molar-refractivity contribution is 5.81. The molecule has 1 amide bonds. The van der Waals surface area contributed by atoms with E-state index in [1.807, 2.05) is 18.0 Å². The fraction of sp³-hybridized carbons (Fsp3) is 0.562. The van der Waals surface area contributed by atoms with E-state index in [-0.39, 0.29) is 5.91 Å². The number of aryl methyl sites for hydroxylation is 1. The molecule has 0 heterocycles. The van der Waals surface area contributed by atoms with E-state index >= 15 is 0 Å². The van der Waals surface area contributed by atoms with E-state index in [9.17, 15) is 4.79 Å². The van der Waals surface area contributed by atoms with Gasteiger partial charge in [0.25, 0.3) is 0 Å². The second-order valence-corrected chi connectivity index (χ2v) is 5.02. The summed E-state index contributed by atoms with van der Waals surface area (Å²) >= 11 is 0. The van der Waals surface area contributed by atoms with Crippen molar-refractivity contribution >= 4 is 11.6 Å². The molecule has 0 aromatic heterocycles. The predicted octanol–water partition coefficient (Wildman–Crippen LogP) is 3.08. The van der Waals surface area contributed by atoms with Gasteiger partial charge in [-0.05, 0) is 38.0 Å². The van der Waals surface area contributed by atoms with Crippen LogP contribution in [0, 0.1) is 6.92 Å². The maximum Gasteiger partial charge on any atom is 0.241 e. The summed E-state index contributed by atoms with van der Waals surface area (Å²) in [5.41, 5.74) is 2.35. The van der Waals surface area contributed by atoms with Crippen molar-refractivity contribution in [3.8, 4) is 0 Å². The van der Waals surface area contributed by atoms with Crippen molar-refractivity contribution in [2.45, 2.75) is 33.6 Å². The quantitative estimate of drug-likeness (QED) is 0.754. The van der Waals surface area contributed by atoms with Crippen LogP contribution in [0.4, 0.5) is 5.69 Å². The Bertz CT molecular complexity index is 403. The Morgan fingerprint density at radius 2 is 2.00 bits per heavy atom. The zero-order valence-corrected chi connectivity index (χ0v) is 12.6. The van der Waals surface area contributed by atoms with Crippen LogP contribution in [0.1, 0.15) is 32.3 Å². The van der Waals surface area contributed by atoms with Gasteiger partial charge in [0.2, 0.25) is 5.91 Å². The summed E-state index contributed by atoms with van der Waals surface area (Å²) in [6.07, 6.45) is 2.19. The molecule has 0 aliphatic rings. The zero-order chi connectivity index (χ0) is 14.3. The summed E-state index contributed by atoms with van der Waals surface area (Å²) in [5.74, 6) is 0.191. The van der Waals surface area contributed by atoms with Gasteiger partial charge in [-0.1, -0.05) is 25.5 Å². The molecule has 106 valence electrons. The first-order chi connectivity index (χ1) is 9.08. The lowest BCUT2D eigenvalue weighted by Crippen LogP contribution is -2.38. The van der Waals surface area contributed by atoms with Gasteiger partial charge in [0.05, 0.1) is 6.54 Å². The minimum Gasteiger partial charge on any atom is -0.362 e. The average molecular weight is 262 g/mol. The summed E-state index contributed by atoms with van der Waals surface area (Å²) in [6, 6.07) is 8.31. The zero-order valence-electron chi connectivity index (χ0n) is 12.6. The molecule has 0 aliphatic carbocycles. The Balaban J connectivity index is 2.64. The number of carbonyl (C=O) groups excluding carboxylic acids is 1. The molecule has 0 bridgehead atoms. The minimum absolute atomic E-state index is 0.191. The number of carbonyl (C=O) groups is 1. The van der Waals surface area contributed by atoms with Crippen molar-refractivity contribution in [1.82, 2.24) is 4.90 Å². The molecule has 3 heteroatoms. The molecule has 0 saturated heterocycles. The van der Waals surface area contributed by atoms with E-state index < -0.39 is 0 Å². The number of unbranched alkanes of at least 4 members (excludes halogenated alkanes) is 1. The average Bonchev–Trinajstić information content (AvgIpc) is 2.41. The van der Waals surface area contributed by atoms with E-state index in [1.54, 1.807) is 0 Å². The fourth-order valence-corrected chi connectivity index (χ4v) is 2.01. The van der Waals surface area contributed by atoms with Gasteiger partial charge >= 0.3 is 0 Å². The SMILES string of the molecule is CCCCN(C)C(=O)CN(CC)c1cccc(C)c1. The minimum atomic E-state index is 0.191. The van der Waals surface area contributed by atoms with E-state index in [2.05, 4.69) is 43.9 Å². The van der Waals surface area contributed by atoms with Gasteiger partial charge in [0.1, 0.15) is 0 Å². The maximum absolute atomic E-state index is 12.2. The van der Waals surface area contributed by atoms with Crippen molar-refractivity contribution in [2.75, 3.05) is 31.6 Å². The number of likely N-dealkylation sites (N-methyl/N-ethyl adjacent to an activating group) is 2. The molecule has 0 saturated carbocycles. The summed E-state index contributed by atoms with van der Waals surface area (Å²) in [4.78, 5) is 16.1.